The van der Waals surface area contributed by atoms with Crippen molar-refractivity contribution in [2.45, 2.75) is 0 Å². The van der Waals surface area contributed by atoms with Gasteiger partial charge in [-0.1, -0.05) is 35.9 Å². The van der Waals surface area contributed by atoms with Crippen LogP contribution in [0.25, 0.3) is 11.0 Å². The van der Waals surface area contributed by atoms with Crippen LogP contribution in [0.1, 0.15) is 15.9 Å². The van der Waals surface area contributed by atoms with E-state index in [0.29, 0.717) is 27.4 Å². The van der Waals surface area contributed by atoms with Gasteiger partial charge in [0.15, 0.2) is 5.78 Å². The Bertz CT molecular complexity index is 1120. The molecule has 4 rings (SSSR count). The van der Waals surface area contributed by atoms with E-state index in [1.54, 1.807) is 36.5 Å². The molecule has 0 saturated heterocycles. The molecular formula is C20H13ClFN3O. The van der Waals surface area contributed by atoms with Gasteiger partial charge in [0, 0.05) is 17.1 Å². The maximum Gasteiger partial charge on any atom is 0.198 e. The molecule has 2 aromatic heterocycles. The molecule has 128 valence electrons. The topological polar surface area (TPSA) is 57.8 Å². The molecule has 0 atom stereocenters. The van der Waals surface area contributed by atoms with E-state index >= 15 is 0 Å². The molecular weight excluding hydrogens is 353 g/mol. The van der Waals surface area contributed by atoms with Crippen LogP contribution in [-0.4, -0.2) is 15.8 Å². The van der Waals surface area contributed by atoms with Gasteiger partial charge >= 0.3 is 0 Å². The zero-order chi connectivity index (χ0) is 18.1. The number of hydrogen-bond acceptors (Lipinski definition) is 3. The fraction of sp³-hybridized carbons (Fsp3) is 0. The molecule has 2 heterocycles. The largest absolute Gasteiger partial charge is 0.345 e. The summed E-state index contributed by atoms with van der Waals surface area (Å²) in [6.07, 6.45) is 1.55. The zero-order valence-electron chi connectivity index (χ0n) is 13.5. The minimum atomic E-state index is -0.545. The average Bonchev–Trinajstić information content (AvgIpc) is 3.07. The predicted molar refractivity (Wildman–Crippen MR) is 101 cm³/mol. The van der Waals surface area contributed by atoms with Gasteiger partial charge in [0.05, 0.1) is 16.3 Å². The lowest BCUT2D eigenvalue weighted by Crippen LogP contribution is -2.03. The van der Waals surface area contributed by atoms with Crippen molar-refractivity contribution in [1.29, 1.82) is 0 Å². The highest BCUT2D eigenvalue weighted by Crippen LogP contribution is 2.27. The molecule has 0 aliphatic carbocycles. The SMILES string of the molecule is O=C(c1ccccc1F)c1c[nH]c2nc(Nc3ccccc3Cl)ccc12. The Morgan fingerprint density at radius 3 is 2.58 bits per heavy atom. The van der Waals surface area contributed by atoms with E-state index < -0.39 is 5.82 Å². The molecule has 0 saturated carbocycles. The van der Waals surface area contributed by atoms with Gasteiger partial charge in [0.2, 0.25) is 0 Å². The molecule has 2 N–H and O–H groups in total. The number of benzene rings is 2. The number of nitrogens with zero attached hydrogens (tertiary/aromatic N) is 1. The predicted octanol–water partition coefficient (Wildman–Crippen LogP) is 5.33. The van der Waals surface area contributed by atoms with Crippen molar-refractivity contribution in [3.8, 4) is 0 Å². The van der Waals surface area contributed by atoms with Gasteiger partial charge in [-0.3, -0.25) is 4.79 Å². The Morgan fingerprint density at radius 2 is 1.77 bits per heavy atom. The first-order chi connectivity index (χ1) is 12.6. The van der Waals surface area contributed by atoms with Crippen molar-refractivity contribution in [1.82, 2.24) is 9.97 Å². The summed E-state index contributed by atoms with van der Waals surface area (Å²) in [5.74, 6) is -0.350. The maximum absolute atomic E-state index is 13.9. The summed E-state index contributed by atoms with van der Waals surface area (Å²) in [6, 6.07) is 16.8. The van der Waals surface area contributed by atoms with Crippen LogP contribution in [0.15, 0.2) is 66.9 Å². The minimum Gasteiger partial charge on any atom is -0.345 e. The number of aromatic nitrogens is 2. The lowest BCUT2D eigenvalue weighted by atomic mass is 10.0. The minimum absolute atomic E-state index is 0.0340. The molecule has 0 unspecified atom stereocenters. The van der Waals surface area contributed by atoms with Crippen LogP contribution in [-0.2, 0) is 0 Å². The second kappa shape index (κ2) is 6.61. The van der Waals surface area contributed by atoms with Crippen LogP contribution in [0.3, 0.4) is 0 Å². The van der Waals surface area contributed by atoms with Gasteiger partial charge in [0.1, 0.15) is 17.3 Å². The lowest BCUT2D eigenvalue weighted by molar-refractivity contribution is 0.103. The summed E-state index contributed by atoms with van der Waals surface area (Å²) >= 11 is 6.14. The number of carbonyl (C=O) groups is 1. The first-order valence-corrected chi connectivity index (χ1v) is 8.30. The highest BCUT2D eigenvalue weighted by atomic mass is 35.5. The van der Waals surface area contributed by atoms with Crippen molar-refractivity contribution >= 4 is 39.9 Å². The third kappa shape index (κ3) is 2.93. The Morgan fingerprint density at radius 1 is 1.00 bits per heavy atom. The number of hydrogen-bond donors (Lipinski definition) is 2. The monoisotopic (exact) mass is 365 g/mol. The lowest BCUT2D eigenvalue weighted by Gasteiger charge is -2.07. The van der Waals surface area contributed by atoms with E-state index in [0.717, 1.165) is 5.69 Å². The number of aromatic amines is 1. The highest BCUT2D eigenvalue weighted by Gasteiger charge is 2.18. The summed E-state index contributed by atoms with van der Waals surface area (Å²) in [7, 11) is 0. The van der Waals surface area contributed by atoms with Crippen LogP contribution in [0, 0.1) is 5.82 Å². The molecule has 0 spiro atoms. The van der Waals surface area contributed by atoms with Gasteiger partial charge in [-0.15, -0.1) is 0 Å². The van der Waals surface area contributed by atoms with Crippen molar-refractivity contribution in [3.63, 3.8) is 0 Å². The summed E-state index contributed by atoms with van der Waals surface area (Å²) in [6.45, 7) is 0. The molecule has 2 aromatic carbocycles. The molecule has 4 nitrogen and oxygen atoms in total. The van der Waals surface area contributed by atoms with Gasteiger partial charge in [-0.25, -0.2) is 9.37 Å². The number of anilines is 2. The second-order valence-corrected chi connectivity index (χ2v) is 6.12. The van der Waals surface area contributed by atoms with Crippen molar-refractivity contribution in [3.05, 3.63) is 88.8 Å². The van der Waals surface area contributed by atoms with E-state index in [9.17, 15) is 9.18 Å². The number of pyridine rings is 1. The van der Waals surface area contributed by atoms with Crippen molar-refractivity contribution in [2.75, 3.05) is 5.32 Å². The maximum atomic E-state index is 13.9. The van der Waals surface area contributed by atoms with Gasteiger partial charge < -0.3 is 10.3 Å². The van der Waals surface area contributed by atoms with E-state index in [-0.39, 0.29) is 11.3 Å². The zero-order valence-corrected chi connectivity index (χ0v) is 14.2. The molecule has 0 bridgehead atoms. The molecule has 0 radical (unpaired) electrons. The number of ketones is 1. The molecule has 6 heteroatoms. The Kier molecular flexibility index (Phi) is 4.14. The first-order valence-electron chi connectivity index (χ1n) is 7.92. The first kappa shape index (κ1) is 16.3. The number of para-hydroxylation sites is 1. The number of H-pyrrole nitrogens is 1. The van der Waals surface area contributed by atoms with E-state index in [1.807, 2.05) is 18.2 Å². The highest BCUT2D eigenvalue weighted by molar-refractivity contribution is 6.33. The van der Waals surface area contributed by atoms with Crippen LogP contribution < -0.4 is 5.32 Å². The third-order valence-electron chi connectivity index (χ3n) is 4.04. The number of rotatable bonds is 4. The number of halogens is 2. The standard InChI is InChI=1S/C20H13ClFN3O/c21-15-6-2-4-8-17(15)24-18-10-9-12-14(11-23-20(12)25-18)19(26)13-5-1-3-7-16(13)22/h1-11H,(H2,23,24,25). The van der Waals surface area contributed by atoms with Gasteiger partial charge in [-0.05, 0) is 36.4 Å². The summed E-state index contributed by atoms with van der Waals surface area (Å²) in [5.41, 5.74) is 1.67. The molecule has 0 fully saturated rings. The molecule has 0 aliphatic rings. The van der Waals surface area contributed by atoms with Crippen LogP contribution >= 0.6 is 11.6 Å². The van der Waals surface area contributed by atoms with Gasteiger partial charge in [-0.2, -0.15) is 0 Å². The second-order valence-electron chi connectivity index (χ2n) is 5.71. The Balaban J connectivity index is 1.69. The van der Waals surface area contributed by atoms with Crippen LogP contribution in [0.2, 0.25) is 5.02 Å². The average molecular weight is 366 g/mol. The summed E-state index contributed by atoms with van der Waals surface area (Å²) in [5, 5.41) is 4.34. The number of carbonyl (C=O) groups excluding carboxylic acids is 1. The quantitative estimate of drug-likeness (QED) is 0.480. The number of fused-ring (bicyclic) bond motifs is 1. The normalized spacial score (nSPS) is 10.8. The van der Waals surface area contributed by atoms with Crippen LogP contribution in [0.4, 0.5) is 15.9 Å². The Hall–Kier alpha value is -3.18. The van der Waals surface area contributed by atoms with E-state index in [2.05, 4.69) is 15.3 Å². The summed E-state index contributed by atoms with van der Waals surface area (Å²) < 4.78 is 13.9. The number of nitrogens with one attached hydrogen (secondary N) is 2. The fourth-order valence-electron chi connectivity index (χ4n) is 2.75. The summed E-state index contributed by atoms with van der Waals surface area (Å²) in [4.78, 5) is 20.1. The molecule has 0 aliphatic heterocycles. The van der Waals surface area contributed by atoms with Crippen molar-refractivity contribution in [2.24, 2.45) is 0 Å². The molecule has 26 heavy (non-hydrogen) atoms. The van der Waals surface area contributed by atoms with E-state index in [1.165, 1.54) is 12.1 Å². The smallest absolute Gasteiger partial charge is 0.198 e. The van der Waals surface area contributed by atoms with Gasteiger partial charge in [0.25, 0.3) is 0 Å². The fourth-order valence-corrected chi connectivity index (χ4v) is 2.94. The third-order valence-corrected chi connectivity index (χ3v) is 4.37. The molecule has 4 aromatic rings. The Labute approximate surface area is 153 Å². The molecule has 0 amide bonds. The van der Waals surface area contributed by atoms with E-state index in [4.69, 9.17) is 11.6 Å². The van der Waals surface area contributed by atoms with Crippen LogP contribution in [0.5, 0.6) is 0 Å². The van der Waals surface area contributed by atoms with Crippen molar-refractivity contribution < 1.29 is 9.18 Å².